The maximum Gasteiger partial charge on any atom is 0.339 e. The number of benzene rings is 1. The Labute approximate surface area is 110 Å². The van der Waals surface area contributed by atoms with Crippen LogP contribution in [-0.4, -0.2) is 27.3 Å². The topological polar surface area (TPSA) is 44.8 Å². The number of esters is 1. The lowest BCUT2D eigenvalue weighted by molar-refractivity contribution is 0.0598. The molecule has 6 heteroatoms. The summed E-state index contributed by atoms with van der Waals surface area (Å²) in [5.41, 5.74) is 0.347. The summed E-state index contributed by atoms with van der Waals surface area (Å²) in [5.74, 6) is 0.524. The fourth-order valence-corrected chi connectivity index (χ4v) is 2.71. The Morgan fingerprint density at radius 2 is 1.75 bits per heavy atom. The molecular weight excluding hydrogens is 344 g/mol. The van der Waals surface area contributed by atoms with E-state index in [1.807, 2.05) is 0 Å². The summed E-state index contributed by atoms with van der Waals surface area (Å²) in [7, 11) is 4.33. The third-order valence-electron chi connectivity index (χ3n) is 1.96. The standard InChI is InChI=1S/C10H10Br2O4/c1-14-6-4-5(10(13)16-3)7(11)9(15-2)8(6)12/h4H,1-3H3. The van der Waals surface area contributed by atoms with Gasteiger partial charge in [-0.15, -0.1) is 0 Å². The van der Waals surface area contributed by atoms with Crippen LogP contribution in [0.4, 0.5) is 0 Å². The van der Waals surface area contributed by atoms with E-state index in [-0.39, 0.29) is 0 Å². The first-order valence-electron chi connectivity index (χ1n) is 4.25. The van der Waals surface area contributed by atoms with E-state index in [1.54, 1.807) is 6.07 Å². The third-order valence-corrected chi connectivity index (χ3v) is 3.49. The molecule has 0 aliphatic heterocycles. The fourth-order valence-electron chi connectivity index (χ4n) is 1.17. The van der Waals surface area contributed by atoms with E-state index in [9.17, 15) is 4.79 Å². The summed E-state index contributed by atoms with van der Waals surface area (Å²) >= 11 is 6.61. The number of rotatable bonds is 3. The van der Waals surface area contributed by atoms with E-state index in [0.29, 0.717) is 26.0 Å². The van der Waals surface area contributed by atoms with E-state index in [0.717, 1.165) is 0 Å². The number of methoxy groups -OCH3 is 3. The molecule has 1 rings (SSSR count). The molecule has 0 amide bonds. The van der Waals surface area contributed by atoms with Crippen LogP contribution in [0.25, 0.3) is 0 Å². The molecule has 0 spiro atoms. The molecule has 0 saturated carbocycles. The molecule has 16 heavy (non-hydrogen) atoms. The average molecular weight is 354 g/mol. The van der Waals surface area contributed by atoms with Crippen LogP contribution in [0.2, 0.25) is 0 Å². The van der Waals surface area contributed by atoms with Gasteiger partial charge in [-0.1, -0.05) is 0 Å². The summed E-state index contributed by atoms with van der Waals surface area (Å²) in [6, 6.07) is 1.57. The molecule has 0 aliphatic carbocycles. The van der Waals surface area contributed by atoms with Gasteiger partial charge >= 0.3 is 5.97 Å². The Morgan fingerprint density at radius 3 is 2.19 bits per heavy atom. The minimum absolute atomic E-state index is 0.347. The van der Waals surface area contributed by atoms with E-state index < -0.39 is 5.97 Å². The highest BCUT2D eigenvalue weighted by Crippen LogP contribution is 2.42. The molecule has 0 fully saturated rings. The van der Waals surface area contributed by atoms with Crippen LogP contribution in [-0.2, 0) is 4.74 Å². The molecule has 0 aromatic heterocycles. The smallest absolute Gasteiger partial charge is 0.339 e. The van der Waals surface area contributed by atoms with Crippen molar-refractivity contribution < 1.29 is 19.0 Å². The van der Waals surface area contributed by atoms with Gasteiger partial charge in [0.15, 0.2) is 5.75 Å². The number of carbonyl (C=O) groups is 1. The van der Waals surface area contributed by atoms with Crippen LogP contribution in [0.1, 0.15) is 10.4 Å². The molecule has 0 unspecified atom stereocenters. The van der Waals surface area contributed by atoms with Crippen LogP contribution in [0.3, 0.4) is 0 Å². The Morgan fingerprint density at radius 1 is 1.12 bits per heavy atom. The molecule has 1 aromatic carbocycles. The Hall–Kier alpha value is -0.750. The SMILES string of the molecule is COC(=O)c1cc(OC)c(Br)c(OC)c1Br. The van der Waals surface area contributed by atoms with Crippen molar-refractivity contribution in [3.05, 3.63) is 20.6 Å². The minimum atomic E-state index is -0.462. The van der Waals surface area contributed by atoms with E-state index in [4.69, 9.17) is 9.47 Å². The maximum atomic E-state index is 11.5. The molecule has 0 N–H and O–H groups in total. The number of halogens is 2. The van der Waals surface area contributed by atoms with Crippen molar-refractivity contribution in [1.29, 1.82) is 0 Å². The average Bonchev–Trinajstić information content (AvgIpc) is 2.29. The summed E-state index contributed by atoms with van der Waals surface area (Å²) in [4.78, 5) is 11.5. The second-order valence-corrected chi connectivity index (χ2v) is 4.37. The molecule has 0 radical (unpaired) electrons. The van der Waals surface area contributed by atoms with Crippen molar-refractivity contribution >= 4 is 37.8 Å². The zero-order valence-electron chi connectivity index (χ0n) is 8.97. The predicted molar refractivity (Wildman–Crippen MR) is 66.3 cm³/mol. The molecule has 0 bridgehead atoms. The zero-order valence-corrected chi connectivity index (χ0v) is 12.1. The van der Waals surface area contributed by atoms with Gasteiger partial charge in [-0.2, -0.15) is 0 Å². The highest BCUT2D eigenvalue weighted by Gasteiger charge is 2.20. The first-order chi connectivity index (χ1) is 7.56. The van der Waals surface area contributed by atoms with Crippen LogP contribution in [0.15, 0.2) is 15.0 Å². The second-order valence-electron chi connectivity index (χ2n) is 2.78. The van der Waals surface area contributed by atoms with Gasteiger partial charge in [-0.05, 0) is 37.9 Å². The normalized spacial score (nSPS) is 9.81. The van der Waals surface area contributed by atoms with Crippen LogP contribution in [0.5, 0.6) is 11.5 Å². The van der Waals surface area contributed by atoms with Crippen molar-refractivity contribution in [1.82, 2.24) is 0 Å². The van der Waals surface area contributed by atoms with Gasteiger partial charge in [0.2, 0.25) is 0 Å². The maximum absolute atomic E-state index is 11.5. The number of carbonyl (C=O) groups excluding carboxylic acids is 1. The van der Waals surface area contributed by atoms with Crippen molar-refractivity contribution in [3.8, 4) is 11.5 Å². The van der Waals surface area contributed by atoms with Gasteiger partial charge in [0.25, 0.3) is 0 Å². The van der Waals surface area contributed by atoms with Crippen molar-refractivity contribution in [2.24, 2.45) is 0 Å². The van der Waals surface area contributed by atoms with Gasteiger partial charge < -0.3 is 14.2 Å². The monoisotopic (exact) mass is 352 g/mol. The molecular formula is C10H10Br2O4. The third kappa shape index (κ3) is 2.32. The van der Waals surface area contributed by atoms with Crippen LogP contribution in [0, 0.1) is 0 Å². The highest BCUT2D eigenvalue weighted by molar-refractivity contribution is 9.11. The van der Waals surface area contributed by atoms with Gasteiger partial charge in [0, 0.05) is 0 Å². The zero-order chi connectivity index (χ0) is 12.3. The van der Waals surface area contributed by atoms with Crippen LogP contribution >= 0.6 is 31.9 Å². The molecule has 0 aliphatic rings. The first kappa shape index (κ1) is 13.3. The van der Waals surface area contributed by atoms with Crippen molar-refractivity contribution in [2.75, 3.05) is 21.3 Å². The predicted octanol–water partition coefficient (Wildman–Crippen LogP) is 3.02. The molecule has 0 atom stereocenters. The van der Waals surface area contributed by atoms with Gasteiger partial charge in [0.05, 0.1) is 31.4 Å². The Bertz CT molecular complexity index is 418. The van der Waals surface area contributed by atoms with Gasteiger partial charge in [0.1, 0.15) is 10.2 Å². The molecule has 4 nitrogen and oxygen atoms in total. The number of hydrogen-bond donors (Lipinski definition) is 0. The van der Waals surface area contributed by atoms with E-state index in [1.165, 1.54) is 21.3 Å². The van der Waals surface area contributed by atoms with Crippen LogP contribution < -0.4 is 9.47 Å². The second kappa shape index (κ2) is 5.54. The van der Waals surface area contributed by atoms with Crippen molar-refractivity contribution in [3.63, 3.8) is 0 Å². The van der Waals surface area contributed by atoms with Crippen molar-refractivity contribution in [2.45, 2.75) is 0 Å². The lowest BCUT2D eigenvalue weighted by Gasteiger charge is -2.13. The quantitative estimate of drug-likeness (QED) is 0.783. The summed E-state index contributed by atoms with van der Waals surface area (Å²) in [6.07, 6.45) is 0. The van der Waals surface area contributed by atoms with E-state index in [2.05, 4.69) is 36.6 Å². The lowest BCUT2D eigenvalue weighted by atomic mass is 10.2. The number of hydrogen-bond acceptors (Lipinski definition) is 4. The summed E-state index contributed by atoms with van der Waals surface area (Å²) in [5, 5.41) is 0. The minimum Gasteiger partial charge on any atom is -0.495 e. The summed E-state index contributed by atoms with van der Waals surface area (Å²) < 4.78 is 16.1. The fraction of sp³-hybridized carbons (Fsp3) is 0.300. The Kier molecular flexibility index (Phi) is 4.61. The molecule has 1 aromatic rings. The Balaban J connectivity index is 3.46. The van der Waals surface area contributed by atoms with E-state index >= 15 is 0 Å². The largest absolute Gasteiger partial charge is 0.495 e. The molecule has 0 saturated heterocycles. The first-order valence-corrected chi connectivity index (χ1v) is 5.83. The molecule has 0 heterocycles. The highest BCUT2D eigenvalue weighted by atomic mass is 79.9. The van der Waals surface area contributed by atoms with Gasteiger partial charge in [-0.25, -0.2) is 4.79 Å². The summed E-state index contributed by atoms with van der Waals surface area (Å²) in [6.45, 7) is 0. The van der Waals surface area contributed by atoms with Gasteiger partial charge in [-0.3, -0.25) is 0 Å². The number of ether oxygens (including phenoxy) is 3. The molecule has 88 valence electrons. The lowest BCUT2D eigenvalue weighted by Crippen LogP contribution is -2.04.